The van der Waals surface area contributed by atoms with Gasteiger partial charge in [0.25, 0.3) is 11.8 Å². The highest BCUT2D eigenvalue weighted by molar-refractivity contribution is 5.78. The fraction of sp³-hybridized carbons (Fsp3) is 0.160. The summed E-state index contributed by atoms with van der Waals surface area (Å²) < 4.78 is 11.0. The highest BCUT2D eigenvalue weighted by atomic mass is 16.5. The predicted molar refractivity (Wildman–Crippen MR) is 118 cm³/mol. The molecule has 156 valence electrons. The number of rotatable bonds is 7. The third-order valence-corrected chi connectivity index (χ3v) is 4.88. The molecule has 0 bridgehead atoms. The Morgan fingerprint density at radius 2 is 1.65 bits per heavy atom. The second kappa shape index (κ2) is 9.26. The number of amides is 1. The van der Waals surface area contributed by atoms with Gasteiger partial charge in [0.15, 0.2) is 6.61 Å². The van der Waals surface area contributed by atoms with Crippen molar-refractivity contribution in [2.24, 2.45) is 0 Å². The molecular formula is C25H23N3O3. The van der Waals surface area contributed by atoms with Crippen molar-refractivity contribution >= 4 is 5.91 Å². The summed E-state index contributed by atoms with van der Waals surface area (Å²) in [6, 6.07) is 24.9. The fourth-order valence-corrected chi connectivity index (χ4v) is 3.11. The Balaban J connectivity index is 1.33. The lowest BCUT2D eigenvalue weighted by Gasteiger charge is -2.14. The molecule has 0 unspecified atom stereocenters. The van der Waals surface area contributed by atoms with Gasteiger partial charge in [-0.25, -0.2) is 0 Å². The van der Waals surface area contributed by atoms with Crippen LogP contribution < -0.4 is 10.1 Å². The van der Waals surface area contributed by atoms with Crippen molar-refractivity contribution in [3.63, 3.8) is 0 Å². The molecule has 0 fully saturated rings. The molecule has 0 radical (unpaired) electrons. The van der Waals surface area contributed by atoms with Crippen LogP contribution in [0.5, 0.6) is 5.75 Å². The summed E-state index contributed by atoms with van der Waals surface area (Å²) in [7, 11) is 0. The highest BCUT2D eigenvalue weighted by Gasteiger charge is 2.12. The molecule has 6 heteroatoms. The molecule has 1 atom stereocenters. The second-order valence-corrected chi connectivity index (χ2v) is 7.30. The van der Waals surface area contributed by atoms with Crippen LogP contribution in [-0.2, 0) is 4.79 Å². The van der Waals surface area contributed by atoms with Gasteiger partial charge in [-0.2, -0.15) is 4.98 Å². The fourth-order valence-electron chi connectivity index (χ4n) is 3.11. The summed E-state index contributed by atoms with van der Waals surface area (Å²) >= 11 is 0. The minimum Gasteiger partial charge on any atom is -0.484 e. The topological polar surface area (TPSA) is 77.2 Å². The lowest BCUT2D eigenvalue weighted by Crippen LogP contribution is -2.31. The Labute approximate surface area is 180 Å². The third-order valence-electron chi connectivity index (χ3n) is 4.88. The van der Waals surface area contributed by atoms with E-state index in [1.807, 2.05) is 80.6 Å². The zero-order chi connectivity index (χ0) is 21.6. The van der Waals surface area contributed by atoms with E-state index in [0.717, 1.165) is 16.7 Å². The molecule has 1 N–H and O–H groups in total. The Bertz CT molecular complexity index is 1140. The van der Waals surface area contributed by atoms with Gasteiger partial charge in [-0.1, -0.05) is 65.3 Å². The summed E-state index contributed by atoms with van der Waals surface area (Å²) in [4.78, 5) is 16.6. The maximum Gasteiger partial charge on any atom is 0.258 e. The minimum atomic E-state index is -0.180. The number of aryl methyl sites for hydroxylation is 1. The first kappa shape index (κ1) is 20.3. The van der Waals surface area contributed by atoms with E-state index in [1.54, 1.807) is 12.1 Å². The van der Waals surface area contributed by atoms with Gasteiger partial charge < -0.3 is 14.6 Å². The molecular weight excluding hydrogens is 390 g/mol. The van der Waals surface area contributed by atoms with Gasteiger partial charge in [-0.05, 0) is 43.7 Å². The number of hydrogen-bond donors (Lipinski definition) is 1. The molecule has 0 saturated heterocycles. The third kappa shape index (κ3) is 5.17. The van der Waals surface area contributed by atoms with Gasteiger partial charge >= 0.3 is 0 Å². The number of nitrogens with zero attached hydrogens (tertiary/aromatic N) is 2. The van der Waals surface area contributed by atoms with Crippen LogP contribution in [0.3, 0.4) is 0 Å². The van der Waals surface area contributed by atoms with Gasteiger partial charge in [-0.15, -0.1) is 0 Å². The van der Waals surface area contributed by atoms with Crippen LogP contribution in [-0.4, -0.2) is 22.7 Å². The van der Waals surface area contributed by atoms with Gasteiger partial charge in [0, 0.05) is 11.1 Å². The number of hydrogen-bond acceptors (Lipinski definition) is 5. The van der Waals surface area contributed by atoms with Crippen molar-refractivity contribution in [2.45, 2.75) is 19.9 Å². The van der Waals surface area contributed by atoms with Gasteiger partial charge in [-0.3, -0.25) is 4.79 Å². The zero-order valence-electron chi connectivity index (χ0n) is 17.4. The molecule has 0 aliphatic rings. The molecule has 1 heterocycles. The summed E-state index contributed by atoms with van der Waals surface area (Å²) in [5.74, 6) is 1.38. The SMILES string of the molecule is Cc1ccc(-c2noc(-c3ccc(OCC(=O)N[C@@H](C)c4ccccc4)cc3)n2)cc1. The van der Waals surface area contributed by atoms with Crippen molar-refractivity contribution in [1.29, 1.82) is 0 Å². The van der Waals surface area contributed by atoms with Crippen LogP contribution in [0.15, 0.2) is 83.4 Å². The first-order valence-electron chi connectivity index (χ1n) is 10.1. The monoisotopic (exact) mass is 413 g/mol. The standard InChI is InChI=1S/C25H23N3O3/c1-17-8-10-20(11-9-17)24-27-25(31-28-24)21-12-14-22(15-13-21)30-16-23(29)26-18(2)19-6-4-3-5-7-19/h3-15,18H,16H2,1-2H3,(H,26,29)/t18-/m0/s1. The number of carbonyl (C=O) groups excluding carboxylic acids is 1. The molecule has 6 nitrogen and oxygen atoms in total. The average molecular weight is 413 g/mol. The average Bonchev–Trinajstić information content (AvgIpc) is 3.29. The van der Waals surface area contributed by atoms with Crippen LogP contribution in [0.2, 0.25) is 0 Å². The number of ether oxygens (including phenoxy) is 1. The molecule has 0 saturated carbocycles. The predicted octanol–water partition coefficient (Wildman–Crippen LogP) is 4.97. The van der Waals surface area contributed by atoms with E-state index in [4.69, 9.17) is 9.26 Å². The van der Waals surface area contributed by atoms with E-state index >= 15 is 0 Å². The normalized spacial score (nSPS) is 11.7. The second-order valence-electron chi connectivity index (χ2n) is 7.30. The summed E-state index contributed by atoms with van der Waals surface area (Å²) in [6.45, 7) is 3.91. The van der Waals surface area contributed by atoms with E-state index in [2.05, 4.69) is 15.5 Å². The molecule has 0 spiro atoms. The van der Waals surface area contributed by atoms with Gasteiger partial charge in [0.1, 0.15) is 5.75 Å². The lowest BCUT2D eigenvalue weighted by atomic mass is 10.1. The van der Waals surface area contributed by atoms with Crippen molar-refractivity contribution in [3.8, 4) is 28.6 Å². The van der Waals surface area contributed by atoms with E-state index in [-0.39, 0.29) is 18.6 Å². The number of nitrogens with one attached hydrogen (secondary N) is 1. The molecule has 0 aliphatic carbocycles. The zero-order valence-corrected chi connectivity index (χ0v) is 17.4. The largest absolute Gasteiger partial charge is 0.484 e. The summed E-state index contributed by atoms with van der Waals surface area (Å²) in [5, 5.41) is 6.98. The lowest BCUT2D eigenvalue weighted by molar-refractivity contribution is -0.123. The first-order valence-corrected chi connectivity index (χ1v) is 10.1. The maximum absolute atomic E-state index is 12.2. The molecule has 0 aliphatic heterocycles. The molecule has 31 heavy (non-hydrogen) atoms. The molecule has 4 rings (SSSR count). The number of benzene rings is 3. The van der Waals surface area contributed by atoms with Crippen LogP contribution in [0, 0.1) is 6.92 Å². The van der Waals surface area contributed by atoms with Crippen molar-refractivity contribution in [3.05, 3.63) is 90.0 Å². The molecule has 1 aromatic heterocycles. The van der Waals surface area contributed by atoms with Crippen LogP contribution in [0.1, 0.15) is 24.1 Å². The molecule has 3 aromatic carbocycles. The Morgan fingerprint density at radius 3 is 2.35 bits per heavy atom. The Kier molecular flexibility index (Phi) is 6.08. The minimum absolute atomic E-state index is 0.0609. The van der Waals surface area contributed by atoms with Crippen LogP contribution in [0.4, 0.5) is 0 Å². The quantitative estimate of drug-likeness (QED) is 0.463. The number of aromatic nitrogens is 2. The molecule has 1 amide bonds. The Hall–Kier alpha value is -3.93. The maximum atomic E-state index is 12.2. The van der Waals surface area contributed by atoms with E-state index < -0.39 is 0 Å². The van der Waals surface area contributed by atoms with Crippen LogP contribution >= 0.6 is 0 Å². The smallest absolute Gasteiger partial charge is 0.258 e. The first-order chi connectivity index (χ1) is 15.1. The van der Waals surface area contributed by atoms with Crippen molar-refractivity contribution in [2.75, 3.05) is 6.61 Å². The van der Waals surface area contributed by atoms with E-state index in [1.165, 1.54) is 5.56 Å². The summed E-state index contributed by atoms with van der Waals surface area (Å²) in [6.07, 6.45) is 0. The highest BCUT2D eigenvalue weighted by Crippen LogP contribution is 2.24. The van der Waals surface area contributed by atoms with Gasteiger partial charge in [0.2, 0.25) is 5.82 Å². The van der Waals surface area contributed by atoms with Gasteiger partial charge in [0.05, 0.1) is 6.04 Å². The summed E-state index contributed by atoms with van der Waals surface area (Å²) in [5.41, 5.74) is 3.90. The Morgan fingerprint density at radius 1 is 0.968 bits per heavy atom. The van der Waals surface area contributed by atoms with Crippen LogP contribution in [0.25, 0.3) is 22.8 Å². The van der Waals surface area contributed by atoms with E-state index in [0.29, 0.717) is 17.5 Å². The van der Waals surface area contributed by atoms with E-state index in [9.17, 15) is 4.79 Å². The molecule has 4 aromatic rings. The van der Waals surface area contributed by atoms with Crippen molar-refractivity contribution < 1.29 is 14.1 Å². The van der Waals surface area contributed by atoms with Crippen molar-refractivity contribution in [1.82, 2.24) is 15.5 Å². The number of carbonyl (C=O) groups is 1.